The van der Waals surface area contributed by atoms with Gasteiger partial charge in [0.1, 0.15) is 5.69 Å². The molecule has 0 saturated carbocycles. The van der Waals surface area contributed by atoms with E-state index in [1.54, 1.807) is 29.2 Å². The number of benzene rings is 1. The fraction of sp³-hybridized carbons (Fsp3) is 0.286. The molecular formula is C14H18ClN5O. The van der Waals surface area contributed by atoms with Crippen LogP contribution >= 0.6 is 11.6 Å². The standard InChI is InChI=1S/C14H18ClN5O/c1-19(2)13-4-3-10(15)7-11(13)18-14(21)12-8-20(6-5-16)9-17-12/h3-4,7-9H,5-6,16H2,1-2H3,(H,18,21). The third kappa shape index (κ3) is 3.74. The summed E-state index contributed by atoms with van der Waals surface area (Å²) in [6.07, 6.45) is 3.26. The number of carbonyl (C=O) groups is 1. The van der Waals surface area contributed by atoms with Crippen LogP contribution in [0.25, 0.3) is 0 Å². The van der Waals surface area contributed by atoms with E-state index in [0.29, 0.717) is 29.5 Å². The zero-order valence-electron chi connectivity index (χ0n) is 12.0. The summed E-state index contributed by atoms with van der Waals surface area (Å²) in [7, 11) is 3.80. The predicted octanol–water partition coefficient (Wildman–Crippen LogP) is 1.81. The molecule has 1 aromatic heterocycles. The lowest BCUT2D eigenvalue weighted by molar-refractivity contribution is 0.102. The van der Waals surface area contributed by atoms with Crippen molar-refractivity contribution in [3.05, 3.63) is 41.4 Å². The van der Waals surface area contributed by atoms with Crippen molar-refractivity contribution in [3.8, 4) is 0 Å². The number of aromatic nitrogens is 2. The Hall–Kier alpha value is -2.05. The Morgan fingerprint density at radius 3 is 2.90 bits per heavy atom. The Kier molecular flexibility index (Phi) is 4.82. The summed E-state index contributed by atoms with van der Waals surface area (Å²) in [4.78, 5) is 18.2. The third-order valence-electron chi connectivity index (χ3n) is 2.94. The lowest BCUT2D eigenvalue weighted by Crippen LogP contribution is -2.17. The second-order valence-corrected chi connectivity index (χ2v) is 5.23. The smallest absolute Gasteiger partial charge is 0.275 e. The van der Waals surface area contributed by atoms with E-state index in [9.17, 15) is 4.79 Å². The van der Waals surface area contributed by atoms with Crippen molar-refractivity contribution in [2.75, 3.05) is 30.9 Å². The molecule has 1 heterocycles. The van der Waals surface area contributed by atoms with Crippen LogP contribution in [-0.2, 0) is 6.54 Å². The number of rotatable bonds is 5. The van der Waals surface area contributed by atoms with Gasteiger partial charge in [0.05, 0.1) is 17.7 Å². The van der Waals surface area contributed by atoms with E-state index in [4.69, 9.17) is 17.3 Å². The van der Waals surface area contributed by atoms with E-state index < -0.39 is 0 Å². The summed E-state index contributed by atoms with van der Waals surface area (Å²) in [6.45, 7) is 1.12. The SMILES string of the molecule is CN(C)c1ccc(Cl)cc1NC(=O)c1cn(CCN)cn1. The molecule has 0 bridgehead atoms. The quantitative estimate of drug-likeness (QED) is 0.883. The molecule has 1 aromatic carbocycles. The van der Waals surface area contributed by atoms with Crippen molar-refractivity contribution >= 4 is 28.9 Å². The average Bonchev–Trinajstić information content (AvgIpc) is 2.87. The molecule has 7 heteroatoms. The van der Waals surface area contributed by atoms with Crippen molar-refractivity contribution in [2.24, 2.45) is 5.73 Å². The summed E-state index contributed by atoms with van der Waals surface area (Å²) < 4.78 is 1.78. The molecule has 0 unspecified atom stereocenters. The predicted molar refractivity (Wildman–Crippen MR) is 85.0 cm³/mol. The van der Waals surface area contributed by atoms with Gasteiger partial charge in [0.25, 0.3) is 5.91 Å². The fourth-order valence-electron chi connectivity index (χ4n) is 1.93. The molecule has 0 aliphatic heterocycles. The van der Waals surface area contributed by atoms with E-state index in [1.165, 1.54) is 0 Å². The lowest BCUT2D eigenvalue weighted by atomic mass is 10.2. The molecule has 0 atom stereocenters. The van der Waals surface area contributed by atoms with Crippen LogP contribution in [0.5, 0.6) is 0 Å². The average molecular weight is 308 g/mol. The number of nitrogens with two attached hydrogens (primary N) is 1. The molecule has 112 valence electrons. The molecule has 21 heavy (non-hydrogen) atoms. The molecule has 0 aliphatic rings. The molecule has 0 aliphatic carbocycles. The molecule has 6 nitrogen and oxygen atoms in total. The van der Waals surface area contributed by atoms with Crippen LogP contribution in [0.3, 0.4) is 0 Å². The Morgan fingerprint density at radius 1 is 1.48 bits per heavy atom. The first-order valence-corrected chi connectivity index (χ1v) is 6.89. The van der Waals surface area contributed by atoms with Crippen LogP contribution in [0.2, 0.25) is 5.02 Å². The van der Waals surface area contributed by atoms with Crippen LogP contribution in [0.4, 0.5) is 11.4 Å². The van der Waals surface area contributed by atoms with Gasteiger partial charge in [0.2, 0.25) is 0 Å². The van der Waals surface area contributed by atoms with Crippen molar-refractivity contribution in [1.29, 1.82) is 0 Å². The summed E-state index contributed by atoms with van der Waals surface area (Å²) in [6, 6.07) is 5.35. The maximum atomic E-state index is 12.2. The van der Waals surface area contributed by atoms with Crippen molar-refractivity contribution in [3.63, 3.8) is 0 Å². The van der Waals surface area contributed by atoms with E-state index in [1.807, 2.05) is 25.1 Å². The van der Waals surface area contributed by atoms with Gasteiger partial charge in [-0.05, 0) is 18.2 Å². The Bertz CT molecular complexity index is 638. The first kappa shape index (κ1) is 15.3. The van der Waals surface area contributed by atoms with Gasteiger partial charge < -0.3 is 20.5 Å². The number of nitrogens with zero attached hydrogens (tertiary/aromatic N) is 3. The van der Waals surface area contributed by atoms with E-state index in [0.717, 1.165) is 5.69 Å². The number of hydrogen-bond acceptors (Lipinski definition) is 4. The first-order valence-electron chi connectivity index (χ1n) is 6.51. The number of halogens is 1. The van der Waals surface area contributed by atoms with Crippen LogP contribution in [0, 0.1) is 0 Å². The summed E-state index contributed by atoms with van der Waals surface area (Å²) in [5.41, 5.74) is 7.32. The summed E-state index contributed by atoms with van der Waals surface area (Å²) in [5.74, 6) is -0.281. The highest BCUT2D eigenvalue weighted by atomic mass is 35.5. The maximum Gasteiger partial charge on any atom is 0.275 e. The highest BCUT2D eigenvalue weighted by Crippen LogP contribution is 2.28. The van der Waals surface area contributed by atoms with Crippen LogP contribution in [0.1, 0.15) is 10.5 Å². The normalized spacial score (nSPS) is 10.5. The highest BCUT2D eigenvalue weighted by molar-refractivity contribution is 6.31. The molecular weight excluding hydrogens is 290 g/mol. The Balaban J connectivity index is 2.20. The minimum absolute atomic E-state index is 0.281. The minimum atomic E-state index is -0.281. The molecule has 0 fully saturated rings. The van der Waals surface area contributed by atoms with Gasteiger partial charge in [-0.1, -0.05) is 11.6 Å². The van der Waals surface area contributed by atoms with Crippen LogP contribution in [0.15, 0.2) is 30.7 Å². The van der Waals surface area contributed by atoms with Crippen LogP contribution in [-0.4, -0.2) is 36.1 Å². The largest absolute Gasteiger partial charge is 0.376 e. The molecule has 0 radical (unpaired) electrons. The number of anilines is 2. The molecule has 1 amide bonds. The van der Waals surface area contributed by atoms with Gasteiger partial charge in [-0.15, -0.1) is 0 Å². The topological polar surface area (TPSA) is 76.2 Å². The number of nitrogens with one attached hydrogen (secondary N) is 1. The summed E-state index contributed by atoms with van der Waals surface area (Å²) >= 11 is 5.99. The van der Waals surface area contributed by atoms with Crippen LogP contribution < -0.4 is 16.0 Å². The molecule has 3 N–H and O–H groups in total. The second-order valence-electron chi connectivity index (χ2n) is 4.80. The van der Waals surface area contributed by atoms with E-state index in [2.05, 4.69) is 10.3 Å². The zero-order chi connectivity index (χ0) is 15.4. The van der Waals surface area contributed by atoms with Gasteiger partial charge in [-0.3, -0.25) is 4.79 Å². The number of amides is 1. The van der Waals surface area contributed by atoms with Gasteiger partial charge >= 0.3 is 0 Å². The fourth-order valence-corrected chi connectivity index (χ4v) is 2.11. The molecule has 0 saturated heterocycles. The molecule has 0 spiro atoms. The lowest BCUT2D eigenvalue weighted by Gasteiger charge is -2.17. The highest BCUT2D eigenvalue weighted by Gasteiger charge is 2.13. The maximum absolute atomic E-state index is 12.2. The number of hydrogen-bond donors (Lipinski definition) is 2. The van der Waals surface area contributed by atoms with Crippen molar-refractivity contribution < 1.29 is 4.79 Å². The van der Waals surface area contributed by atoms with Gasteiger partial charge in [-0.2, -0.15) is 0 Å². The third-order valence-corrected chi connectivity index (χ3v) is 3.18. The Labute approximate surface area is 128 Å². The number of carbonyl (C=O) groups excluding carboxylic acids is 1. The summed E-state index contributed by atoms with van der Waals surface area (Å²) in [5, 5.41) is 3.39. The van der Waals surface area contributed by atoms with Gasteiger partial charge in [0.15, 0.2) is 0 Å². The first-order chi connectivity index (χ1) is 10.0. The van der Waals surface area contributed by atoms with Gasteiger partial charge in [0, 0.05) is 38.4 Å². The zero-order valence-corrected chi connectivity index (χ0v) is 12.8. The van der Waals surface area contributed by atoms with Crippen molar-refractivity contribution in [2.45, 2.75) is 6.54 Å². The number of imidazole rings is 1. The second kappa shape index (κ2) is 6.60. The van der Waals surface area contributed by atoms with E-state index >= 15 is 0 Å². The minimum Gasteiger partial charge on any atom is -0.376 e. The monoisotopic (exact) mass is 307 g/mol. The Morgan fingerprint density at radius 2 is 2.24 bits per heavy atom. The van der Waals surface area contributed by atoms with Gasteiger partial charge in [-0.25, -0.2) is 4.98 Å². The molecule has 2 rings (SSSR count). The van der Waals surface area contributed by atoms with E-state index in [-0.39, 0.29) is 5.91 Å². The molecule has 2 aromatic rings. The van der Waals surface area contributed by atoms with Crippen molar-refractivity contribution in [1.82, 2.24) is 9.55 Å².